The maximum Gasteiger partial charge on any atom is 0.270 e. The van der Waals surface area contributed by atoms with Crippen LogP contribution in [0.1, 0.15) is 21.9 Å². The Balaban J connectivity index is 2.00. The van der Waals surface area contributed by atoms with Crippen LogP contribution in [-0.4, -0.2) is 15.5 Å². The van der Waals surface area contributed by atoms with Crippen LogP contribution in [-0.2, 0) is 13.6 Å². The quantitative estimate of drug-likeness (QED) is 0.870. The number of nitrogens with zero attached hydrogens (tertiary/aromatic N) is 2. The lowest BCUT2D eigenvalue weighted by Crippen LogP contribution is -2.24. The second-order valence-corrected chi connectivity index (χ2v) is 3.92. The number of aryl methyl sites for hydroxylation is 1. The van der Waals surface area contributed by atoms with E-state index in [0.29, 0.717) is 12.2 Å². The van der Waals surface area contributed by atoms with E-state index < -0.39 is 0 Å². The molecule has 0 aromatic carbocycles. The van der Waals surface area contributed by atoms with Gasteiger partial charge in [-0.15, -0.1) is 0 Å². The molecule has 0 saturated carbocycles. The Labute approximate surface area is 100 Å². The lowest BCUT2D eigenvalue weighted by atomic mass is 10.3. The molecule has 1 amide bonds. The normalized spacial score (nSPS) is 10.2. The zero-order valence-corrected chi connectivity index (χ0v) is 9.97. The van der Waals surface area contributed by atoms with Gasteiger partial charge in [0.2, 0.25) is 0 Å². The van der Waals surface area contributed by atoms with Crippen LogP contribution in [0, 0.1) is 6.92 Å². The summed E-state index contributed by atoms with van der Waals surface area (Å²) in [6, 6.07) is 9.33. The van der Waals surface area contributed by atoms with E-state index >= 15 is 0 Å². The minimum Gasteiger partial charge on any atom is -0.350 e. The zero-order chi connectivity index (χ0) is 12.3. The molecular weight excluding hydrogens is 214 g/mol. The van der Waals surface area contributed by atoms with E-state index in [0.717, 1.165) is 5.69 Å². The van der Waals surface area contributed by atoms with Crippen molar-refractivity contribution in [3.05, 3.63) is 53.6 Å². The number of pyridine rings is 1. The van der Waals surface area contributed by atoms with Crippen LogP contribution in [0.15, 0.2) is 36.5 Å². The molecule has 2 heterocycles. The molecule has 1 N–H and O–H groups in total. The molecule has 0 aliphatic heterocycles. The Hall–Kier alpha value is -2.10. The van der Waals surface area contributed by atoms with Gasteiger partial charge in [0.1, 0.15) is 5.69 Å². The summed E-state index contributed by atoms with van der Waals surface area (Å²) < 4.78 is 2.05. The molecule has 0 radical (unpaired) electrons. The maximum absolute atomic E-state index is 11.8. The predicted molar refractivity (Wildman–Crippen MR) is 65.6 cm³/mol. The molecule has 0 spiro atoms. The second-order valence-electron chi connectivity index (χ2n) is 3.92. The first-order chi connectivity index (χ1) is 8.18. The molecule has 0 fully saturated rings. The Morgan fingerprint density at radius 3 is 2.76 bits per heavy atom. The molecule has 0 unspecified atom stereocenters. The average Bonchev–Trinajstić information content (AvgIpc) is 2.68. The summed E-state index contributed by atoms with van der Waals surface area (Å²) in [6.45, 7) is 2.55. The van der Waals surface area contributed by atoms with Crippen molar-refractivity contribution in [1.82, 2.24) is 14.9 Å². The van der Waals surface area contributed by atoms with Gasteiger partial charge in [-0.2, -0.15) is 0 Å². The standard InChI is InChI=1S/C13H15N3O/c1-10-6-7-11(16(10)2)9-15-13(17)12-5-3-4-8-14-12/h3-8H,9H2,1-2H3,(H,15,17). The average molecular weight is 229 g/mol. The summed E-state index contributed by atoms with van der Waals surface area (Å²) >= 11 is 0. The van der Waals surface area contributed by atoms with Crippen molar-refractivity contribution in [1.29, 1.82) is 0 Å². The molecule has 2 rings (SSSR count). The van der Waals surface area contributed by atoms with E-state index in [1.54, 1.807) is 24.4 Å². The maximum atomic E-state index is 11.8. The molecule has 17 heavy (non-hydrogen) atoms. The van der Waals surface area contributed by atoms with Crippen molar-refractivity contribution in [3.8, 4) is 0 Å². The molecular formula is C13H15N3O. The van der Waals surface area contributed by atoms with Gasteiger partial charge in [0, 0.05) is 24.6 Å². The summed E-state index contributed by atoms with van der Waals surface area (Å²) in [5.41, 5.74) is 2.69. The van der Waals surface area contributed by atoms with Crippen LogP contribution in [0.2, 0.25) is 0 Å². The molecule has 0 atom stereocenters. The molecule has 0 saturated heterocycles. The summed E-state index contributed by atoms with van der Waals surface area (Å²) in [6.07, 6.45) is 1.61. The highest BCUT2D eigenvalue weighted by atomic mass is 16.1. The van der Waals surface area contributed by atoms with Gasteiger partial charge < -0.3 is 9.88 Å². The molecule has 2 aromatic rings. The fraction of sp³-hybridized carbons (Fsp3) is 0.231. The monoisotopic (exact) mass is 229 g/mol. The molecule has 4 nitrogen and oxygen atoms in total. The highest BCUT2D eigenvalue weighted by Gasteiger charge is 2.07. The molecule has 0 bridgehead atoms. The smallest absolute Gasteiger partial charge is 0.270 e. The van der Waals surface area contributed by atoms with E-state index in [1.807, 2.05) is 26.1 Å². The van der Waals surface area contributed by atoms with Gasteiger partial charge >= 0.3 is 0 Å². The zero-order valence-electron chi connectivity index (χ0n) is 9.97. The molecule has 2 aromatic heterocycles. The summed E-state index contributed by atoms with van der Waals surface area (Å²) in [7, 11) is 1.98. The second kappa shape index (κ2) is 4.82. The lowest BCUT2D eigenvalue weighted by Gasteiger charge is -2.07. The number of nitrogens with one attached hydrogen (secondary N) is 1. The van der Waals surface area contributed by atoms with E-state index in [-0.39, 0.29) is 5.91 Å². The third kappa shape index (κ3) is 2.53. The largest absolute Gasteiger partial charge is 0.350 e. The highest BCUT2D eigenvalue weighted by molar-refractivity contribution is 5.92. The van der Waals surface area contributed by atoms with E-state index in [9.17, 15) is 4.79 Å². The molecule has 0 aliphatic carbocycles. The molecule has 4 heteroatoms. The number of carbonyl (C=O) groups excluding carboxylic acids is 1. The minimum absolute atomic E-state index is 0.149. The van der Waals surface area contributed by atoms with Crippen LogP contribution < -0.4 is 5.32 Å². The van der Waals surface area contributed by atoms with Crippen LogP contribution in [0.25, 0.3) is 0 Å². The van der Waals surface area contributed by atoms with Crippen molar-refractivity contribution in [2.45, 2.75) is 13.5 Å². The molecule has 0 aliphatic rings. The Bertz CT molecular complexity index is 517. The lowest BCUT2D eigenvalue weighted by molar-refractivity contribution is 0.0945. The van der Waals surface area contributed by atoms with Gasteiger partial charge in [0.25, 0.3) is 5.91 Å². The number of carbonyl (C=O) groups is 1. The highest BCUT2D eigenvalue weighted by Crippen LogP contribution is 2.05. The number of rotatable bonds is 3. The van der Waals surface area contributed by atoms with Crippen molar-refractivity contribution in [2.75, 3.05) is 0 Å². The third-order valence-corrected chi connectivity index (χ3v) is 2.80. The van der Waals surface area contributed by atoms with Crippen LogP contribution >= 0.6 is 0 Å². The first kappa shape index (κ1) is 11.4. The SMILES string of the molecule is Cc1ccc(CNC(=O)c2ccccn2)n1C. The third-order valence-electron chi connectivity index (χ3n) is 2.80. The van der Waals surface area contributed by atoms with Gasteiger partial charge in [0.15, 0.2) is 0 Å². The van der Waals surface area contributed by atoms with Crippen molar-refractivity contribution >= 4 is 5.91 Å². The summed E-state index contributed by atoms with van der Waals surface area (Å²) in [4.78, 5) is 15.8. The van der Waals surface area contributed by atoms with Crippen LogP contribution in [0.3, 0.4) is 0 Å². The number of aromatic nitrogens is 2. The van der Waals surface area contributed by atoms with Crippen molar-refractivity contribution in [2.24, 2.45) is 7.05 Å². The molecule has 88 valence electrons. The number of hydrogen-bond donors (Lipinski definition) is 1. The fourth-order valence-corrected chi connectivity index (χ4v) is 1.60. The Morgan fingerprint density at radius 1 is 1.35 bits per heavy atom. The van der Waals surface area contributed by atoms with Crippen LogP contribution in [0.5, 0.6) is 0 Å². The Morgan fingerprint density at radius 2 is 2.18 bits per heavy atom. The summed E-state index contributed by atoms with van der Waals surface area (Å²) in [5, 5.41) is 2.85. The summed E-state index contributed by atoms with van der Waals surface area (Å²) in [5.74, 6) is -0.149. The van der Waals surface area contributed by atoms with Gasteiger partial charge in [0.05, 0.1) is 6.54 Å². The van der Waals surface area contributed by atoms with Crippen LogP contribution in [0.4, 0.5) is 0 Å². The Kier molecular flexibility index (Phi) is 3.23. The fourth-order valence-electron chi connectivity index (χ4n) is 1.60. The van der Waals surface area contributed by atoms with E-state index in [1.165, 1.54) is 5.69 Å². The van der Waals surface area contributed by atoms with Gasteiger partial charge in [-0.3, -0.25) is 9.78 Å². The number of amides is 1. The topological polar surface area (TPSA) is 46.9 Å². The van der Waals surface area contributed by atoms with Gasteiger partial charge in [-0.05, 0) is 31.2 Å². The number of hydrogen-bond acceptors (Lipinski definition) is 2. The van der Waals surface area contributed by atoms with Crippen molar-refractivity contribution < 1.29 is 4.79 Å². The minimum atomic E-state index is -0.149. The first-order valence-electron chi connectivity index (χ1n) is 5.49. The van der Waals surface area contributed by atoms with Gasteiger partial charge in [-0.25, -0.2) is 0 Å². The van der Waals surface area contributed by atoms with Crippen molar-refractivity contribution in [3.63, 3.8) is 0 Å². The van der Waals surface area contributed by atoms with Gasteiger partial charge in [-0.1, -0.05) is 6.07 Å². The first-order valence-corrected chi connectivity index (χ1v) is 5.49. The van der Waals surface area contributed by atoms with E-state index in [2.05, 4.69) is 14.9 Å². The predicted octanol–water partition coefficient (Wildman–Crippen LogP) is 1.66. The van der Waals surface area contributed by atoms with E-state index in [4.69, 9.17) is 0 Å².